The molecule has 2 heterocycles. The highest BCUT2D eigenvalue weighted by Crippen LogP contribution is 2.62. The Morgan fingerprint density at radius 2 is 2.20 bits per heavy atom. The van der Waals surface area contributed by atoms with Gasteiger partial charge in [-0.15, -0.1) is 11.6 Å². The third-order valence-electron chi connectivity index (χ3n) is 5.75. The van der Waals surface area contributed by atoms with E-state index in [0.29, 0.717) is 24.1 Å². The largest absolute Gasteiger partial charge is 0.352 e. The van der Waals surface area contributed by atoms with Crippen LogP contribution in [0.3, 0.4) is 0 Å². The summed E-state index contributed by atoms with van der Waals surface area (Å²) in [7, 11) is 0. The molecule has 1 saturated heterocycles. The molecule has 25 heavy (non-hydrogen) atoms. The lowest BCUT2D eigenvalue weighted by Crippen LogP contribution is -2.50. The van der Waals surface area contributed by atoms with Crippen molar-refractivity contribution >= 4 is 28.4 Å². The van der Waals surface area contributed by atoms with Gasteiger partial charge in [0, 0.05) is 42.6 Å². The van der Waals surface area contributed by atoms with Crippen LogP contribution in [0.15, 0.2) is 36.5 Å². The average Bonchev–Trinajstić information content (AvgIpc) is 3.09. The number of nitrogens with one attached hydrogen (secondary N) is 1. The minimum absolute atomic E-state index is 0.108. The number of para-hydroxylation sites is 1. The number of nitrogens with zero attached hydrogens (tertiary/aromatic N) is 2. The predicted octanol–water partition coefficient (Wildman–Crippen LogP) is 2.20. The maximum atomic E-state index is 12.6. The zero-order valence-electron chi connectivity index (χ0n) is 14.4. The summed E-state index contributed by atoms with van der Waals surface area (Å²) in [5, 5.41) is 3.99. The molecule has 4 unspecified atom stereocenters. The van der Waals surface area contributed by atoms with Crippen LogP contribution in [0.1, 0.15) is 24.2 Å². The molecule has 6 heteroatoms. The molecule has 132 valence electrons. The molecule has 1 aliphatic carbocycles. The van der Waals surface area contributed by atoms with Crippen LogP contribution in [-0.4, -0.2) is 46.0 Å². The van der Waals surface area contributed by atoms with Gasteiger partial charge >= 0.3 is 0 Å². The van der Waals surface area contributed by atoms with E-state index >= 15 is 0 Å². The number of benzene rings is 1. The van der Waals surface area contributed by atoms with E-state index in [0.717, 1.165) is 17.4 Å². The zero-order chi connectivity index (χ0) is 17.8. The lowest BCUT2D eigenvalue weighted by molar-refractivity contribution is 0.0947. The molecule has 1 aromatic heterocycles. The molecule has 1 aromatic carbocycles. The number of carbonyl (C=O) groups excluding carboxylic acids is 1. The second-order valence-electron chi connectivity index (χ2n) is 7.37. The number of alkyl halides is 1. The first-order valence-electron chi connectivity index (χ1n) is 8.76. The maximum Gasteiger partial charge on any atom is 0.253 e. The van der Waals surface area contributed by atoms with E-state index in [1.807, 2.05) is 24.3 Å². The van der Waals surface area contributed by atoms with Gasteiger partial charge in [-0.2, -0.15) is 0 Å². The number of fused-ring (bicyclic) bond motifs is 2. The van der Waals surface area contributed by atoms with Crippen molar-refractivity contribution in [3.05, 3.63) is 42.1 Å². The SMILES string of the molecule is CC(C)N1CC2C(CNC(=O)c3cccc4cccnc34)C2(Cl)C1N. The number of rotatable bonds is 4. The fourth-order valence-electron chi connectivity index (χ4n) is 4.24. The molecule has 4 rings (SSSR count). The van der Waals surface area contributed by atoms with E-state index in [4.69, 9.17) is 17.3 Å². The molecule has 1 amide bonds. The number of hydrogen-bond acceptors (Lipinski definition) is 4. The highest BCUT2D eigenvalue weighted by atomic mass is 35.5. The maximum absolute atomic E-state index is 12.6. The van der Waals surface area contributed by atoms with E-state index in [1.165, 1.54) is 0 Å². The minimum Gasteiger partial charge on any atom is -0.352 e. The number of halogens is 1. The Bertz CT molecular complexity index is 821. The van der Waals surface area contributed by atoms with Gasteiger partial charge in [0.25, 0.3) is 5.91 Å². The summed E-state index contributed by atoms with van der Waals surface area (Å²) < 4.78 is 0. The molecule has 1 aliphatic heterocycles. The smallest absolute Gasteiger partial charge is 0.253 e. The summed E-state index contributed by atoms with van der Waals surface area (Å²) in [6.45, 7) is 5.72. The van der Waals surface area contributed by atoms with Gasteiger partial charge in [-0.1, -0.05) is 18.2 Å². The molecule has 2 aromatic rings. The minimum atomic E-state index is -0.408. The van der Waals surface area contributed by atoms with E-state index in [9.17, 15) is 4.79 Å². The lowest BCUT2D eigenvalue weighted by Gasteiger charge is -2.31. The molecule has 0 bridgehead atoms. The highest BCUT2D eigenvalue weighted by Gasteiger charge is 2.72. The number of aromatic nitrogens is 1. The van der Waals surface area contributed by atoms with Crippen LogP contribution in [0.5, 0.6) is 0 Å². The van der Waals surface area contributed by atoms with Gasteiger partial charge < -0.3 is 11.1 Å². The summed E-state index contributed by atoms with van der Waals surface area (Å²) in [4.78, 5) is 18.8. The topological polar surface area (TPSA) is 71.2 Å². The van der Waals surface area contributed by atoms with E-state index in [-0.39, 0.29) is 18.0 Å². The van der Waals surface area contributed by atoms with Gasteiger partial charge in [-0.3, -0.25) is 14.7 Å². The van der Waals surface area contributed by atoms with Gasteiger partial charge in [0.1, 0.15) is 0 Å². The van der Waals surface area contributed by atoms with Gasteiger partial charge in [0.15, 0.2) is 0 Å². The molecule has 4 atom stereocenters. The molecule has 5 nitrogen and oxygen atoms in total. The van der Waals surface area contributed by atoms with Crippen molar-refractivity contribution in [2.24, 2.45) is 17.6 Å². The van der Waals surface area contributed by atoms with Crippen molar-refractivity contribution in [3.63, 3.8) is 0 Å². The Hall–Kier alpha value is -1.69. The normalized spacial score (nSPS) is 31.3. The number of piperidine rings is 1. The Morgan fingerprint density at radius 1 is 1.44 bits per heavy atom. The third kappa shape index (κ3) is 2.53. The lowest BCUT2D eigenvalue weighted by atomic mass is 10.1. The van der Waals surface area contributed by atoms with Gasteiger partial charge in [-0.05, 0) is 26.0 Å². The Balaban J connectivity index is 1.44. The average molecular weight is 359 g/mol. The number of likely N-dealkylation sites (tertiary alicyclic amines) is 1. The summed E-state index contributed by atoms with van der Waals surface area (Å²) in [5.41, 5.74) is 7.67. The Kier molecular flexibility index (Phi) is 3.98. The second-order valence-corrected chi connectivity index (χ2v) is 8.02. The summed E-state index contributed by atoms with van der Waals surface area (Å²) in [6.07, 6.45) is 1.55. The van der Waals surface area contributed by atoms with Crippen LogP contribution in [0.4, 0.5) is 0 Å². The van der Waals surface area contributed by atoms with Crippen LogP contribution >= 0.6 is 11.6 Å². The van der Waals surface area contributed by atoms with Crippen LogP contribution in [-0.2, 0) is 0 Å². The zero-order valence-corrected chi connectivity index (χ0v) is 15.2. The van der Waals surface area contributed by atoms with Crippen molar-refractivity contribution in [2.45, 2.75) is 30.9 Å². The summed E-state index contributed by atoms with van der Waals surface area (Å²) in [5.74, 6) is 0.465. The van der Waals surface area contributed by atoms with Crippen LogP contribution in [0.2, 0.25) is 0 Å². The number of carbonyl (C=O) groups is 1. The fourth-order valence-corrected chi connectivity index (χ4v) is 4.75. The quantitative estimate of drug-likeness (QED) is 0.822. The molecular formula is C19H23ClN4O. The molecule has 3 N–H and O–H groups in total. The van der Waals surface area contributed by atoms with E-state index in [1.54, 1.807) is 12.3 Å². The molecule has 0 spiro atoms. The molecule has 2 fully saturated rings. The highest BCUT2D eigenvalue weighted by molar-refractivity contribution is 6.27. The standard InChI is InChI=1S/C19H23ClN4O/c1-11(2)24-10-15-14(19(15,20)18(24)21)9-23-17(25)13-7-3-5-12-6-4-8-22-16(12)13/h3-8,11,14-15,18H,9-10,21H2,1-2H3,(H,23,25). The Labute approximate surface area is 152 Å². The summed E-state index contributed by atoms with van der Waals surface area (Å²) >= 11 is 6.79. The number of amides is 1. The molecule has 1 saturated carbocycles. The van der Waals surface area contributed by atoms with Gasteiger partial charge in [0.05, 0.1) is 22.1 Å². The van der Waals surface area contributed by atoms with Crippen molar-refractivity contribution in [1.82, 2.24) is 15.2 Å². The first-order chi connectivity index (χ1) is 11.9. The summed E-state index contributed by atoms with van der Waals surface area (Å²) in [6, 6.07) is 9.85. The van der Waals surface area contributed by atoms with Gasteiger partial charge in [-0.25, -0.2) is 0 Å². The first-order valence-corrected chi connectivity index (χ1v) is 9.14. The van der Waals surface area contributed by atoms with Crippen molar-refractivity contribution < 1.29 is 4.79 Å². The fraction of sp³-hybridized carbons (Fsp3) is 0.474. The van der Waals surface area contributed by atoms with Crippen molar-refractivity contribution in [3.8, 4) is 0 Å². The number of hydrogen-bond donors (Lipinski definition) is 2. The Morgan fingerprint density at radius 3 is 2.88 bits per heavy atom. The number of pyridine rings is 1. The monoisotopic (exact) mass is 358 g/mol. The predicted molar refractivity (Wildman–Crippen MR) is 99.5 cm³/mol. The second kappa shape index (κ2) is 5.94. The van der Waals surface area contributed by atoms with Crippen LogP contribution in [0.25, 0.3) is 10.9 Å². The molecular weight excluding hydrogens is 336 g/mol. The van der Waals surface area contributed by atoms with Crippen molar-refractivity contribution in [2.75, 3.05) is 13.1 Å². The van der Waals surface area contributed by atoms with Crippen LogP contribution in [0, 0.1) is 11.8 Å². The third-order valence-corrected chi connectivity index (χ3v) is 6.54. The van der Waals surface area contributed by atoms with E-state index in [2.05, 4.69) is 29.0 Å². The van der Waals surface area contributed by atoms with Crippen molar-refractivity contribution in [1.29, 1.82) is 0 Å². The van der Waals surface area contributed by atoms with Crippen LogP contribution < -0.4 is 11.1 Å². The number of nitrogens with two attached hydrogens (primary N) is 1. The molecule has 0 radical (unpaired) electrons. The van der Waals surface area contributed by atoms with E-state index < -0.39 is 4.87 Å². The first kappa shape index (κ1) is 16.8. The molecule has 2 aliphatic rings. The van der Waals surface area contributed by atoms with Gasteiger partial charge in [0.2, 0.25) is 0 Å².